The fourth-order valence-electron chi connectivity index (χ4n) is 3.54. The zero-order valence-electron chi connectivity index (χ0n) is 16.7. The fourth-order valence-corrected chi connectivity index (χ4v) is 3.54. The summed E-state index contributed by atoms with van der Waals surface area (Å²) >= 11 is 0. The molecule has 2 amide bonds. The van der Waals surface area contributed by atoms with Crippen LogP contribution in [0.5, 0.6) is 5.75 Å². The first-order valence-electron chi connectivity index (χ1n) is 10.1. The molecule has 0 radical (unpaired) electrons. The van der Waals surface area contributed by atoms with Crippen LogP contribution in [0, 0.1) is 0 Å². The molecule has 0 aromatic heterocycles. The van der Waals surface area contributed by atoms with Crippen LogP contribution < -0.4 is 15.0 Å². The van der Waals surface area contributed by atoms with E-state index in [0.29, 0.717) is 25.1 Å². The SMILES string of the molecule is O=C(NCc1ccc(N2CCCC2=O)cc1)c1ccccc1COc1ccccc1. The second kappa shape index (κ2) is 9.27. The largest absolute Gasteiger partial charge is 0.489 e. The lowest BCUT2D eigenvalue weighted by atomic mass is 10.1. The highest BCUT2D eigenvalue weighted by Gasteiger charge is 2.21. The van der Waals surface area contributed by atoms with Gasteiger partial charge >= 0.3 is 0 Å². The maximum absolute atomic E-state index is 12.7. The Bertz CT molecular complexity index is 1020. The number of hydrogen-bond acceptors (Lipinski definition) is 3. The lowest BCUT2D eigenvalue weighted by molar-refractivity contribution is -0.117. The number of rotatable bonds is 7. The van der Waals surface area contributed by atoms with Crippen LogP contribution in [-0.4, -0.2) is 18.4 Å². The molecule has 0 atom stereocenters. The average Bonchev–Trinajstić information content (AvgIpc) is 3.23. The summed E-state index contributed by atoms with van der Waals surface area (Å²) < 4.78 is 5.80. The maximum Gasteiger partial charge on any atom is 0.251 e. The topological polar surface area (TPSA) is 58.6 Å². The van der Waals surface area contributed by atoms with Crippen molar-refractivity contribution in [3.63, 3.8) is 0 Å². The van der Waals surface area contributed by atoms with Crippen LogP contribution in [-0.2, 0) is 17.9 Å². The van der Waals surface area contributed by atoms with Crippen LogP contribution in [0.3, 0.4) is 0 Å². The van der Waals surface area contributed by atoms with E-state index in [1.807, 2.05) is 77.7 Å². The van der Waals surface area contributed by atoms with Gasteiger partial charge in [-0.15, -0.1) is 0 Å². The number of nitrogens with zero attached hydrogens (tertiary/aromatic N) is 1. The summed E-state index contributed by atoms with van der Waals surface area (Å²) in [5, 5.41) is 2.98. The number of nitrogens with one attached hydrogen (secondary N) is 1. The molecule has 0 spiro atoms. The van der Waals surface area contributed by atoms with E-state index in [9.17, 15) is 9.59 Å². The molecule has 30 heavy (non-hydrogen) atoms. The van der Waals surface area contributed by atoms with Crippen molar-refractivity contribution in [3.8, 4) is 5.75 Å². The first-order chi connectivity index (χ1) is 14.7. The van der Waals surface area contributed by atoms with E-state index in [1.165, 1.54) is 0 Å². The van der Waals surface area contributed by atoms with E-state index in [0.717, 1.165) is 35.5 Å². The monoisotopic (exact) mass is 400 g/mol. The van der Waals surface area contributed by atoms with Crippen molar-refractivity contribution < 1.29 is 14.3 Å². The standard InChI is InChI=1S/C25H24N2O3/c28-24-11-6-16-27(24)21-14-12-19(13-15-21)17-26-25(29)23-10-5-4-7-20(23)18-30-22-8-2-1-3-9-22/h1-5,7-10,12-15H,6,11,16-18H2,(H,26,29). The second-order valence-electron chi connectivity index (χ2n) is 7.26. The van der Waals surface area contributed by atoms with Gasteiger partial charge in [-0.3, -0.25) is 9.59 Å². The van der Waals surface area contributed by atoms with Crippen LogP contribution in [0.2, 0.25) is 0 Å². The molecule has 4 rings (SSSR count). The Hall–Kier alpha value is -3.60. The number of hydrogen-bond donors (Lipinski definition) is 1. The van der Waals surface area contributed by atoms with E-state index in [1.54, 1.807) is 6.07 Å². The Morgan fingerprint density at radius 1 is 0.933 bits per heavy atom. The van der Waals surface area contributed by atoms with Gasteiger partial charge in [-0.1, -0.05) is 48.5 Å². The first-order valence-corrected chi connectivity index (χ1v) is 10.1. The first kappa shape index (κ1) is 19.7. The third-order valence-electron chi connectivity index (χ3n) is 5.17. The molecule has 1 aliphatic rings. The molecule has 5 nitrogen and oxygen atoms in total. The summed E-state index contributed by atoms with van der Waals surface area (Å²) in [6.45, 7) is 1.52. The number of anilines is 1. The Balaban J connectivity index is 1.36. The second-order valence-corrected chi connectivity index (χ2v) is 7.26. The minimum atomic E-state index is -0.138. The van der Waals surface area contributed by atoms with E-state index < -0.39 is 0 Å². The van der Waals surface area contributed by atoms with Crippen LogP contribution >= 0.6 is 0 Å². The lowest BCUT2D eigenvalue weighted by Gasteiger charge is -2.16. The summed E-state index contributed by atoms with van der Waals surface area (Å²) in [4.78, 5) is 26.4. The van der Waals surface area contributed by atoms with Gasteiger partial charge in [0, 0.05) is 36.3 Å². The summed E-state index contributed by atoms with van der Waals surface area (Å²) in [5.74, 6) is 0.802. The van der Waals surface area contributed by atoms with Gasteiger partial charge < -0.3 is 15.0 Å². The van der Waals surface area contributed by atoms with Gasteiger partial charge in [-0.25, -0.2) is 0 Å². The highest BCUT2D eigenvalue weighted by Crippen LogP contribution is 2.21. The normalized spacial score (nSPS) is 13.3. The molecule has 1 N–H and O–H groups in total. The highest BCUT2D eigenvalue weighted by molar-refractivity contribution is 5.96. The average molecular weight is 400 g/mol. The van der Waals surface area contributed by atoms with Crippen molar-refractivity contribution in [1.82, 2.24) is 5.32 Å². The van der Waals surface area contributed by atoms with Crippen LogP contribution in [0.4, 0.5) is 5.69 Å². The molecule has 0 unspecified atom stereocenters. The molecular weight excluding hydrogens is 376 g/mol. The zero-order valence-corrected chi connectivity index (χ0v) is 16.7. The number of amides is 2. The van der Waals surface area contributed by atoms with Gasteiger partial charge in [0.15, 0.2) is 0 Å². The summed E-state index contributed by atoms with van der Waals surface area (Å²) in [6.07, 6.45) is 1.52. The molecule has 1 aliphatic heterocycles. The van der Waals surface area contributed by atoms with Crippen LogP contribution in [0.25, 0.3) is 0 Å². The third kappa shape index (κ3) is 4.69. The Morgan fingerprint density at radius 3 is 2.40 bits per heavy atom. The highest BCUT2D eigenvalue weighted by atomic mass is 16.5. The van der Waals surface area contributed by atoms with Crippen LogP contribution in [0.15, 0.2) is 78.9 Å². The van der Waals surface area contributed by atoms with Crippen molar-refractivity contribution >= 4 is 17.5 Å². The van der Waals surface area contributed by atoms with Crippen molar-refractivity contribution in [3.05, 3.63) is 95.6 Å². The van der Waals surface area contributed by atoms with Crippen molar-refractivity contribution in [2.75, 3.05) is 11.4 Å². The van der Waals surface area contributed by atoms with Gasteiger partial charge in [0.1, 0.15) is 12.4 Å². The fraction of sp³-hybridized carbons (Fsp3) is 0.200. The Labute approximate surface area is 176 Å². The third-order valence-corrected chi connectivity index (χ3v) is 5.17. The van der Waals surface area contributed by atoms with Gasteiger partial charge in [0.05, 0.1) is 0 Å². The maximum atomic E-state index is 12.7. The number of ether oxygens (including phenoxy) is 1. The predicted molar refractivity (Wildman–Crippen MR) is 116 cm³/mol. The number of carbonyl (C=O) groups excluding carboxylic acids is 2. The van der Waals surface area contributed by atoms with E-state index in [-0.39, 0.29) is 11.8 Å². The molecule has 0 bridgehead atoms. The van der Waals surface area contributed by atoms with Gasteiger partial charge in [0.2, 0.25) is 5.91 Å². The van der Waals surface area contributed by atoms with E-state index in [4.69, 9.17) is 4.74 Å². The number of carbonyl (C=O) groups is 2. The Morgan fingerprint density at radius 2 is 1.67 bits per heavy atom. The van der Waals surface area contributed by atoms with Gasteiger partial charge in [-0.2, -0.15) is 0 Å². The number of para-hydroxylation sites is 1. The lowest BCUT2D eigenvalue weighted by Crippen LogP contribution is -2.25. The van der Waals surface area contributed by atoms with E-state index in [2.05, 4.69) is 5.32 Å². The minimum absolute atomic E-state index is 0.138. The quantitative estimate of drug-likeness (QED) is 0.642. The molecule has 5 heteroatoms. The molecule has 3 aromatic carbocycles. The summed E-state index contributed by atoms with van der Waals surface area (Å²) in [7, 11) is 0. The van der Waals surface area contributed by atoms with Crippen molar-refractivity contribution in [2.24, 2.45) is 0 Å². The number of benzene rings is 3. The Kier molecular flexibility index (Phi) is 6.09. The minimum Gasteiger partial charge on any atom is -0.489 e. The van der Waals surface area contributed by atoms with Gasteiger partial charge in [0.25, 0.3) is 5.91 Å². The molecule has 0 aliphatic carbocycles. The van der Waals surface area contributed by atoms with Crippen LogP contribution in [0.1, 0.15) is 34.3 Å². The predicted octanol–water partition coefficient (Wildman–Crippen LogP) is 4.32. The van der Waals surface area contributed by atoms with Gasteiger partial charge in [-0.05, 0) is 42.3 Å². The molecule has 1 saturated heterocycles. The summed E-state index contributed by atoms with van der Waals surface area (Å²) in [6, 6.07) is 24.8. The van der Waals surface area contributed by atoms with E-state index >= 15 is 0 Å². The molecule has 1 fully saturated rings. The van der Waals surface area contributed by atoms with Crippen molar-refractivity contribution in [2.45, 2.75) is 26.0 Å². The smallest absolute Gasteiger partial charge is 0.251 e. The molecule has 152 valence electrons. The molecular formula is C25H24N2O3. The summed E-state index contributed by atoms with van der Waals surface area (Å²) in [5.41, 5.74) is 3.34. The van der Waals surface area contributed by atoms with Crippen molar-refractivity contribution in [1.29, 1.82) is 0 Å². The molecule has 3 aromatic rings. The molecule has 1 heterocycles. The molecule has 0 saturated carbocycles. The zero-order chi connectivity index (χ0) is 20.8.